The molecule has 1 aliphatic rings. The molecule has 0 unspecified atom stereocenters. The number of rotatable bonds is 4. The summed E-state index contributed by atoms with van der Waals surface area (Å²) >= 11 is 0. The first kappa shape index (κ1) is 17.9. The molecule has 1 heterocycles. The molecule has 1 fully saturated rings. The van der Waals surface area contributed by atoms with E-state index in [-0.39, 0.29) is 12.5 Å². The fraction of sp³-hybridized carbons (Fsp3) is 0.562. The lowest BCUT2D eigenvalue weighted by molar-refractivity contribution is -0.156. The third kappa shape index (κ3) is 5.02. The lowest BCUT2D eigenvalue weighted by Gasteiger charge is -2.33. The zero-order valence-corrected chi connectivity index (χ0v) is 14.7. The van der Waals surface area contributed by atoms with E-state index in [4.69, 9.17) is 4.74 Å². The van der Waals surface area contributed by atoms with Crippen molar-refractivity contribution in [2.24, 2.45) is 0 Å². The van der Waals surface area contributed by atoms with Crippen LogP contribution in [0.1, 0.15) is 20.8 Å². The minimum Gasteiger partial charge on any atom is -0.459 e. The van der Waals surface area contributed by atoms with E-state index in [0.29, 0.717) is 31.1 Å². The molecule has 0 atom stereocenters. The topological polar surface area (TPSA) is 66.9 Å². The number of ether oxygens (including phenoxy) is 1. The first-order chi connectivity index (χ1) is 10.7. The van der Waals surface area contributed by atoms with Crippen molar-refractivity contribution >= 4 is 16.0 Å². The summed E-state index contributed by atoms with van der Waals surface area (Å²) in [7, 11) is -3.45. The fourth-order valence-electron chi connectivity index (χ4n) is 2.43. The van der Waals surface area contributed by atoms with Gasteiger partial charge in [0.25, 0.3) is 0 Å². The second-order valence-electron chi connectivity index (χ2n) is 6.58. The molecule has 1 aliphatic heterocycles. The molecule has 2 rings (SSSR count). The number of carbonyl (C=O) groups is 1. The van der Waals surface area contributed by atoms with Crippen LogP contribution in [0.2, 0.25) is 0 Å². The maximum absolute atomic E-state index is 12.5. The molecule has 0 saturated carbocycles. The summed E-state index contributed by atoms with van der Waals surface area (Å²) in [5.74, 6) is -0.281. The van der Waals surface area contributed by atoms with Crippen LogP contribution in [0.25, 0.3) is 0 Å². The van der Waals surface area contributed by atoms with Crippen LogP contribution in [0.15, 0.2) is 35.2 Å². The van der Waals surface area contributed by atoms with Gasteiger partial charge >= 0.3 is 5.97 Å². The fourth-order valence-corrected chi connectivity index (χ4v) is 3.87. The van der Waals surface area contributed by atoms with Crippen molar-refractivity contribution in [2.45, 2.75) is 31.3 Å². The number of nitrogens with zero attached hydrogens (tertiary/aromatic N) is 2. The monoisotopic (exact) mass is 340 g/mol. The molecular weight excluding hydrogens is 316 g/mol. The molecular formula is C16H24N2O4S. The Bertz CT molecular complexity index is 630. The van der Waals surface area contributed by atoms with Gasteiger partial charge in [0.2, 0.25) is 10.0 Å². The Morgan fingerprint density at radius 3 is 2.17 bits per heavy atom. The average molecular weight is 340 g/mol. The smallest absolute Gasteiger partial charge is 0.320 e. The zero-order valence-electron chi connectivity index (χ0n) is 13.9. The molecule has 1 aromatic carbocycles. The third-order valence-electron chi connectivity index (χ3n) is 3.48. The van der Waals surface area contributed by atoms with E-state index in [9.17, 15) is 13.2 Å². The van der Waals surface area contributed by atoms with E-state index in [1.165, 1.54) is 4.31 Å². The summed E-state index contributed by atoms with van der Waals surface area (Å²) in [6, 6.07) is 8.42. The molecule has 7 heteroatoms. The average Bonchev–Trinajstić information content (AvgIpc) is 2.46. The van der Waals surface area contributed by atoms with Crippen LogP contribution in [0.5, 0.6) is 0 Å². The SMILES string of the molecule is CC(C)(C)OC(=O)CN1CCN(S(=O)(=O)c2ccccc2)CC1. The van der Waals surface area contributed by atoms with Gasteiger partial charge in [0.15, 0.2) is 0 Å². The molecule has 23 heavy (non-hydrogen) atoms. The number of benzene rings is 1. The highest BCUT2D eigenvalue weighted by molar-refractivity contribution is 7.89. The largest absolute Gasteiger partial charge is 0.459 e. The highest BCUT2D eigenvalue weighted by atomic mass is 32.2. The van der Waals surface area contributed by atoms with Crippen molar-refractivity contribution in [1.82, 2.24) is 9.21 Å². The van der Waals surface area contributed by atoms with Crippen molar-refractivity contribution in [3.63, 3.8) is 0 Å². The summed E-state index contributed by atoms with van der Waals surface area (Å²) in [6.45, 7) is 7.47. The van der Waals surface area contributed by atoms with E-state index < -0.39 is 15.6 Å². The lowest BCUT2D eigenvalue weighted by atomic mass is 10.2. The van der Waals surface area contributed by atoms with Crippen molar-refractivity contribution in [3.8, 4) is 0 Å². The number of esters is 1. The molecule has 0 radical (unpaired) electrons. The van der Waals surface area contributed by atoms with E-state index in [1.54, 1.807) is 30.3 Å². The van der Waals surface area contributed by atoms with Crippen molar-refractivity contribution < 1.29 is 17.9 Å². The number of carbonyl (C=O) groups excluding carboxylic acids is 1. The first-order valence-electron chi connectivity index (χ1n) is 7.68. The van der Waals surface area contributed by atoms with Gasteiger partial charge < -0.3 is 4.74 Å². The van der Waals surface area contributed by atoms with Crippen molar-refractivity contribution in [3.05, 3.63) is 30.3 Å². The Morgan fingerprint density at radius 1 is 1.09 bits per heavy atom. The predicted octanol–water partition coefficient (Wildman–Crippen LogP) is 1.33. The molecule has 1 saturated heterocycles. The zero-order chi connectivity index (χ0) is 17.1. The Labute approximate surface area is 138 Å². The van der Waals surface area contributed by atoms with Crippen LogP contribution in [-0.2, 0) is 19.6 Å². The Hall–Kier alpha value is -1.44. The van der Waals surface area contributed by atoms with Crippen LogP contribution in [-0.4, -0.2) is 61.9 Å². The second kappa shape index (κ2) is 6.98. The minimum atomic E-state index is -3.45. The number of hydrogen-bond donors (Lipinski definition) is 0. The molecule has 0 spiro atoms. The van der Waals surface area contributed by atoms with Crippen LogP contribution in [0.4, 0.5) is 0 Å². The lowest BCUT2D eigenvalue weighted by Crippen LogP contribution is -2.50. The minimum absolute atomic E-state index is 0.191. The van der Waals surface area contributed by atoms with Crippen LogP contribution in [0.3, 0.4) is 0 Å². The van der Waals surface area contributed by atoms with Crippen molar-refractivity contribution in [1.29, 1.82) is 0 Å². The molecule has 0 bridgehead atoms. The predicted molar refractivity (Wildman–Crippen MR) is 87.5 cm³/mol. The first-order valence-corrected chi connectivity index (χ1v) is 9.12. The Morgan fingerprint density at radius 2 is 1.65 bits per heavy atom. The van der Waals surface area contributed by atoms with Gasteiger partial charge in [-0.3, -0.25) is 9.69 Å². The highest BCUT2D eigenvalue weighted by Crippen LogP contribution is 2.17. The van der Waals surface area contributed by atoms with Gasteiger partial charge in [0.05, 0.1) is 11.4 Å². The number of piperazine rings is 1. The molecule has 0 amide bonds. The van der Waals surface area contributed by atoms with Gasteiger partial charge in [-0.1, -0.05) is 18.2 Å². The summed E-state index contributed by atoms with van der Waals surface area (Å²) < 4.78 is 31.8. The standard InChI is InChI=1S/C16H24N2O4S/c1-16(2,3)22-15(19)13-17-9-11-18(12-10-17)23(20,21)14-7-5-4-6-8-14/h4-8H,9-13H2,1-3H3. The number of sulfonamides is 1. The summed E-state index contributed by atoms with van der Waals surface area (Å²) in [5, 5.41) is 0. The summed E-state index contributed by atoms with van der Waals surface area (Å²) in [5.41, 5.74) is -0.504. The third-order valence-corrected chi connectivity index (χ3v) is 5.40. The van der Waals surface area contributed by atoms with Gasteiger partial charge in [-0.15, -0.1) is 0 Å². The normalized spacial score (nSPS) is 17.9. The van der Waals surface area contributed by atoms with Gasteiger partial charge in [0, 0.05) is 26.2 Å². The molecule has 128 valence electrons. The van der Waals surface area contributed by atoms with Gasteiger partial charge in [-0.2, -0.15) is 4.31 Å². The van der Waals surface area contributed by atoms with Crippen LogP contribution in [0, 0.1) is 0 Å². The molecule has 0 aromatic heterocycles. The summed E-state index contributed by atoms with van der Waals surface area (Å²) in [4.78, 5) is 14.1. The quantitative estimate of drug-likeness (QED) is 0.774. The maximum atomic E-state index is 12.5. The second-order valence-corrected chi connectivity index (χ2v) is 8.52. The van der Waals surface area contributed by atoms with E-state index in [2.05, 4.69) is 0 Å². The Kier molecular flexibility index (Phi) is 5.44. The Balaban J connectivity index is 1.90. The van der Waals surface area contributed by atoms with Crippen LogP contribution < -0.4 is 0 Å². The van der Waals surface area contributed by atoms with E-state index >= 15 is 0 Å². The van der Waals surface area contributed by atoms with Crippen molar-refractivity contribution in [2.75, 3.05) is 32.7 Å². The van der Waals surface area contributed by atoms with Gasteiger partial charge in [0.1, 0.15) is 5.60 Å². The van der Waals surface area contributed by atoms with Gasteiger partial charge in [-0.05, 0) is 32.9 Å². The highest BCUT2D eigenvalue weighted by Gasteiger charge is 2.29. The van der Waals surface area contributed by atoms with Crippen LogP contribution >= 0.6 is 0 Å². The molecule has 0 N–H and O–H groups in total. The van der Waals surface area contributed by atoms with E-state index in [0.717, 1.165) is 0 Å². The molecule has 6 nitrogen and oxygen atoms in total. The molecule has 0 aliphatic carbocycles. The molecule has 1 aromatic rings. The van der Waals surface area contributed by atoms with E-state index in [1.807, 2.05) is 25.7 Å². The maximum Gasteiger partial charge on any atom is 0.320 e. The number of hydrogen-bond acceptors (Lipinski definition) is 5. The van der Waals surface area contributed by atoms with Gasteiger partial charge in [-0.25, -0.2) is 8.42 Å². The summed E-state index contributed by atoms with van der Waals surface area (Å²) in [6.07, 6.45) is 0.